The van der Waals surface area contributed by atoms with Gasteiger partial charge in [-0.2, -0.15) is 12.7 Å². The van der Waals surface area contributed by atoms with Crippen LogP contribution >= 0.6 is 11.6 Å². The molecule has 1 saturated carbocycles. The van der Waals surface area contributed by atoms with Crippen LogP contribution in [0.25, 0.3) is 0 Å². The summed E-state index contributed by atoms with van der Waals surface area (Å²) in [5.41, 5.74) is 0.293. The first kappa shape index (κ1) is 27.4. The lowest BCUT2D eigenvalue weighted by Crippen LogP contribution is -2.54. The molecular formula is C24H26ClF3N4O4S. The van der Waals surface area contributed by atoms with E-state index in [0.29, 0.717) is 13.1 Å². The Balaban J connectivity index is 1.60. The first-order valence-electron chi connectivity index (χ1n) is 11.7. The zero-order valence-corrected chi connectivity index (χ0v) is 21.2. The van der Waals surface area contributed by atoms with Crippen LogP contribution in [0.15, 0.2) is 48.5 Å². The number of rotatable bonds is 11. The third kappa shape index (κ3) is 6.81. The number of halogens is 4. The Bertz CT molecular complexity index is 1270. The van der Waals surface area contributed by atoms with Crippen LogP contribution in [-0.2, 0) is 19.8 Å². The summed E-state index contributed by atoms with van der Waals surface area (Å²) < 4.78 is 68.6. The second kappa shape index (κ2) is 11.0. The molecule has 1 aliphatic heterocycles. The van der Waals surface area contributed by atoms with E-state index in [1.54, 1.807) is 12.1 Å². The van der Waals surface area contributed by atoms with Crippen LogP contribution in [0.2, 0.25) is 5.02 Å². The lowest BCUT2D eigenvalue weighted by molar-refractivity contribution is -0.132. The highest BCUT2D eigenvalue weighted by atomic mass is 35.5. The van der Waals surface area contributed by atoms with Crippen molar-refractivity contribution in [2.24, 2.45) is 0 Å². The molecule has 2 aliphatic rings. The van der Waals surface area contributed by atoms with Gasteiger partial charge in [-0.05, 0) is 30.7 Å². The molecule has 2 N–H and O–H groups in total. The van der Waals surface area contributed by atoms with Crippen LogP contribution in [0.3, 0.4) is 0 Å². The number of carbonyl (C=O) groups excluding carboxylic acids is 2. The summed E-state index contributed by atoms with van der Waals surface area (Å²) in [6.07, 6.45) is -1.14. The second-order valence-corrected chi connectivity index (χ2v) is 11.2. The zero-order valence-electron chi connectivity index (χ0n) is 19.7. The minimum atomic E-state index is -3.59. The molecule has 0 bridgehead atoms. The Labute approximate surface area is 217 Å². The number of nitrogens with one attached hydrogen (secondary N) is 2. The van der Waals surface area contributed by atoms with Gasteiger partial charge in [-0.1, -0.05) is 35.9 Å². The Kier molecular flexibility index (Phi) is 8.12. The van der Waals surface area contributed by atoms with E-state index in [-0.39, 0.29) is 35.7 Å². The van der Waals surface area contributed by atoms with Gasteiger partial charge in [0.25, 0.3) is 16.1 Å². The molecule has 4 rings (SSSR count). The molecular weight excluding hydrogens is 533 g/mol. The number of anilines is 1. The maximum absolute atomic E-state index is 14.2. The van der Waals surface area contributed by atoms with Crippen molar-refractivity contribution in [1.82, 2.24) is 14.3 Å². The number of carbonyl (C=O) groups is 2. The molecule has 2 aromatic carbocycles. The van der Waals surface area contributed by atoms with Gasteiger partial charge in [-0.3, -0.25) is 14.5 Å². The molecule has 13 heteroatoms. The largest absolute Gasteiger partial charge is 0.351 e. The van der Waals surface area contributed by atoms with Crippen molar-refractivity contribution in [1.29, 1.82) is 0 Å². The Morgan fingerprint density at radius 3 is 2.46 bits per heavy atom. The van der Waals surface area contributed by atoms with Gasteiger partial charge in [0.1, 0.15) is 11.9 Å². The standard InChI is InChI=1S/C24H26ClF3N4O4S/c25-20-8-2-1-7-19(20)22(23(34)30-17-14-24(27,28)15-17)32(18-6-3-5-16(26)13-18)21(33)9-4-10-29-37(35,36)31-11-12-31/h1-3,5-8,13,17,22,29H,4,9-12,14-15H2,(H,30,34)/t22-/m0/s1. The zero-order chi connectivity index (χ0) is 26.8. The van der Waals surface area contributed by atoms with E-state index >= 15 is 0 Å². The van der Waals surface area contributed by atoms with Crippen molar-refractivity contribution < 1.29 is 31.2 Å². The fourth-order valence-electron chi connectivity index (χ4n) is 4.13. The maximum atomic E-state index is 14.2. The maximum Gasteiger partial charge on any atom is 0.279 e. The van der Waals surface area contributed by atoms with Gasteiger partial charge in [0.15, 0.2) is 0 Å². The summed E-state index contributed by atoms with van der Waals surface area (Å²) in [4.78, 5) is 28.0. The third-order valence-corrected chi connectivity index (χ3v) is 8.05. The molecule has 2 fully saturated rings. The van der Waals surface area contributed by atoms with E-state index in [2.05, 4.69) is 10.0 Å². The van der Waals surface area contributed by atoms with Crippen molar-refractivity contribution in [2.45, 2.75) is 43.7 Å². The fraction of sp³-hybridized carbons (Fsp3) is 0.417. The number of hydrogen-bond donors (Lipinski definition) is 2. The molecule has 37 heavy (non-hydrogen) atoms. The highest BCUT2D eigenvalue weighted by molar-refractivity contribution is 7.87. The second-order valence-electron chi connectivity index (χ2n) is 9.04. The molecule has 8 nitrogen and oxygen atoms in total. The molecule has 1 saturated heterocycles. The minimum Gasteiger partial charge on any atom is -0.351 e. The highest BCUT2D eigenvalue weighted by Gasteiger charge is 2.47. The predicted octanol–water partition coefficient (Wildman–Crippen LogP) is 3.40. The van der Waals surface area contributed by atoms with E-state index in [1.165, 1.54) is 34.6 Å². The van der Waals surface area contributed by atoms with Gasteiger partial charge < -0.3 is 5.32 Å². The van der Waals surface area contributed by atoms with Crippen LogP contribution in [0.4, 0.5) is 18.9 Å². The topological polar surface area (TPSA) is 98.6 Å². The Hall–Kier alpha value is -2.67. The molecule has 0 radical (unpaired) electrons. The number of alkyl halides is 2. The molecule has 1 heterocycles. The van der Waals surface area contributed by atoms with Crippen LogP contribution in [-0.4, -0.2) is 56.1 Å². The highest BCUT2D eigenvalue weighted by Crippen LogP contribution is 2.39. The molecule has 0 aromatic heterocycles. The van der Waals surface area contributed by atoms with Gasteiger partial charge >= 0.3 is 0 Å². The molecule has 1 atom stereocenters. The lowest BCUT2D eigenvalue weighted by Gasteiger charge is -2.38. The van der Waals surface area contributed by atoms with Gasteiger partial charge in [0, 0.05) is 61.2 Å². The first-order valence-corrected chi connectivity index (χ1v) is 13.5. The third-order valence-electron chi connectivity index (χ3n) is 6.10. The van der Waals surface area contributed by atoms with Gasteiger partial charge in [-0.15, -0.1) is 0 Å². The summed E-state index contributed by atoms with van der Waals surface area (Å²) in [6, 6.07) is 9.18. The summed E-state index contributed by atoms with van der Waals surface area (Å²) >= 11 is 6.38. The van der Waals surface area contributed by atoms with Crippen LogP contribution in [0.5, 0.6) is 0 Å². The number of benzene rings is 2. The van der Waals surface area contributed by atoms with E-state index in [0.717, 1.165) is 11.0 Å². The number of nitrogens with zero attached hydrogens (tertiary/aromatic N) is 2. The predicted molar refractivity (Wildman–Crippen MR) is 132 cm³/mol. The minimum absolute atomic E-state index is 0.0261. The van der Waals surface area contributed by atoms with Gasteiger partial charge in [0.05, 0.1) is 0 Å². The smallest absolute Gasteiger partial charge is 0.279 e. The quantitative estimate of drug-likeness (QED) is 0.326. The summed E-state index contributed by atoms with van der Waals surface area (Å²) in [5, 5.41) is 2.72. The summed E-state index contributed by atoms with van der Waals surface area (Å²) in [6.45, 7) is 0.841. The summed E-state index contributed by atoms with van der Waals surface area (Å²) in [7, 11) is -3.59. The Morgan fingerprint density at radius 2 is 1.84 bits per heavy atom. The van der Waals surface area contributed by atoms with Crippen molar-refractivity contribution in [3.63, 3.8) is 0 Å². The summed E-state index contributed by atoms with van der Waals surface area (Å²) in [5.74, 6) is -4.87. The molecule has 200 valence electrons. The van der Waals surface area contributed by atoms with Crippen LogP contribution in [0, 0.1) is 5.82 Å². The normalized spacial score (nSPS) is 18.1. The average Bonchev–Trinajstić information content (AvgIpc) is 3.66. The number of amides is 2. The van der Waals surface area contributed by atoms with Crippen molar-refractivity contribution in [2.75, 3.05) is 24.5 Å². The lowest BCUT2D eigenvalue weighted by atomic mass is 9.87. The molecule has 1 aliphatic carbocycles. The molecule has 2 amide bonds. The van der Waals surface area contributed by atoms with Gasteiger partial charge in [0.2, 0.25) is 11.8 Å². The Morgan fingerprint density at radius 1 is 1.14 bits per heavy atom. The van der Waals surface area contributed by atoms with Crippen LogP contribution in [0.1, 0.15) is 37.3 Å². The van der Waals surface area contributed by atoms with Crippen molar-refractivity contribution in [3.8, 4) is 0 Å². The van der Waals surface area contributed by atoms with E-state index in [9.17, 15) is 31.2 Å². The SMILES string of the molecule is O=C(NC1CC(F)(F)C1)[C@H](c1ccccc1Cl)N(C(=O)CCCNS(=O)(=O)N1CC1)c1cccc(F)c1. The van der Waals surface area contributed by atoms with Gasteiger partial charge in [-0.25, -0.2) is 17.9 Å². The monoisotopic (exact) mass is 558 g/mol. The number of hydrogen-bond acceptors (Lipinski definition) is 4. The van der Waals surface area contributed by atoms with Crippen molar-refractivity contribution >= 4 is 39.3 Å². The molecule has 2 aromatic rings. The van der Waals surface area contributed by atoms with Crippen molar-refractivity contribution in [3.05, 3.63) is 64.9 Å². The van der Waals surface area contributed by atoms with E-state index in [4.69, 9.17) is 11.6 Å². The first-order chi connectivity index (χ1) is 17.5. The molecule has 0 unspecified atom stereocenters. The molecule has 0 spiro atoms. The average molecular weight is 559 g/mol. The van der Waals surface area contributed by atoms with Crippen LogP contribution < -0.4 is 14.9 Å². The van der Waals surface area contributed by atoms with E-state index in [1.807, 2.05) is 0 Å². The van der Waals surface area contributed by atoms with E-state index < -0.39 is 58.7 Å². The fourth-order valence-corrected chi connectivity index (χ4v) is 5.52.